The number of nitrogens with two attached hydrogens (primary N) is 1. The van der Waals surface area contributed by atoms with Gasteiger partial charge in [0, 0.05) is 35.5 Å². The topological polar surface area (TPSA) is 119 Å². The summed E-state index contributed by atoms with van der Waals surface area (Å²) in [4.78, 5) is 27.9. The molecule has 1 fully saturated rings. The molecule has 2 bridgehead atoms. The van der Waals surface area contributed by atoms with Gasteiger partial charge in [-0.05, 0) is 111 Å². The predicted octanol–water partition coefficient (Wildman–Crippen LogP) is 5.52. The summed E-state index contributed by atoms with van der Waals surface area (Å²) in [7, 11) is -3.90. The van der Waals surface area contributed by atoms with Crippen LogP contribution in [0.25, 0.3) is 0 Å². The summed E-state index contributed by atoms with van der Waals surface area (Å²) >= 11 is 6.41. The predicted molar refractivity (Wildman–Crippen MR) is 173 cm³/mol. The molecule has 1 spiro atoms. The number of ether oxygens (including phenoxy) is 1. The number of halogens is 1. The normalized spacial score (nSPS) is 30.5. The molecule has 0 radical (unpaired) electrons. The van der Waals surface area contributed by atoms with Crippen molar-refractivity contribution in [1.29, 1.82) is 0 Å². The Morgan fingerprint density at radius 3 is 2.77 bits per heavy atom. The maximum absolute atomic E-state index is 13.4. The molecule has 2 aromatic rings. The first kappa shape index (κ1) is 31.0. The van der Waals surface area contributed by atoms with Crippen LogP contribution in [0, 0.1) is 17.8 Å². The van der Waals surface area contributed by atoms with E-state index in [9.17, 15) is 18.0 Å². The lowest BCUT2D eigenvalue weighted by Crippen LogP contribution is -2.49. The van der Waals surface area contributed by atoms with Gasteiger partial charge in [0.05, 0.1) is 17.5 Å². The number of nitrogens with one attached hydrogen (secondary N) is 1. The number of benzene rings is 2. The molecule has 2 aliphatic heterocycles. The van der Waals surface area contributed by atoms with Gasteiger partial charge in [-0.3, -0.25) is 9.59 Å². The van der Waals surface area contributed by atoms with Crippen molar-refractivity contribution in [2.45, 2.75) is 75.4 Å². The largest absolute Gasteiger partial charge is 0.490 e. The summed E-state index contributed by atoms with van der Waals surface area (Å²) in [6.45, 7) is 3.73. The van der Waals surface area contributed by atoms with Gasteiger partial charge in [0.25, 0.3) is 5.91 Å². The van der Waals surface area contributed by atoms with Crippen molar-refractivity contribution in [3.63, 3.8) is 0 Å². The number of hydrogen-bond acceptors (Lipinski definition) is 6. The number of aryl methyl sites for hydroxylation is 1. The minimum Gasteiger partial charge on any atom is -0.490 e. The van der Waals surface area contributed by atoms with Crippen molar-refractivity contribution >= 4 is 39.1 Å². The molecule has 2 amide bonds. The van der Waals surface area contributed by atoms with Gasteiger partial charge >= 0.3 is 0 Å². The molecule has 5 atom stereocenters. The molecule has 8 nitrogen and oxygen atoms in total. The molecule has 6 rings (SSSR count). The highest BCUT2D eigenvalue weighted by molar-refractivity contribution is 7.90. The molecular formula is C34H42ClN3O5S. The lowest BCUT2D eigenvalue weighted by Gasteiger charge is -2.46. The van der Waals surface area contributed by atoms with E-state index in [1.165, 1.54) is 11.1 Å². The number of nitrogens with zero attached hydrogens (tertiary/aromatic N) is 1. The fourth-order valence-corrected chi connectivity index (χ4v) is 9.54. The number of anilines is 1. The molecule has 10 heteroatoms. The SMILES string of the molecule is CC[C@@H]1CC/C=C/[C@H](CC(N)=O)[C@@H]2CC[C@H]2CN2C[C@@]3(CCCc4cc(Cl)ccc43)COc3ccc(cc32)C(=O)NS1(=O)=O. The second-order valence-electron chi connectivity index (χ2n) is 13.1. The van der Waals surface area contributed by atoms with Crippen LogP contribution >= 0.6 is 11.6 Å². The van der Waals surface area contributed by atoms with Crippen molar-refractivity contribution in [3.05, 3.63) is 70.3 Å². The summed E-state index contributed by atoms with van der Waals surface area (Å²) in [6, 6.07) is 11.4. The van der Waals surface area contributed by atoms with E-state index in [4.69, 9.17) is 22.1 Å². The standard InChI is InChI=1S/C34H42ClN3O5S/c1-2-27-8-4-3-6-22(18-32(36)39)28-12-9-25(28)19-38-20-34(15-5-7-23-16-26(35)11-13-29(23)34)21-43-31-14-10-24(17-30(31)38)33(40)37-44(27,41)42/h3,6,10-11,13-14,16-17,22,25,27-28H,2,4-5,7-9,12,15,18-21H2,1H3,(H2,36,39)(H,37,40)/b6-3+/t22-,25+,27-,28+,34+/m1/s1. The Labute approximate surface area is 265 Å². The zero-order valence-corrected chi connectivity index (χ0v) is 26.8. The average molecular weight is 640 g/mol. The van der Waals surface area contributed by atoms with Crippen LogP contribution in [0.3, 0.4) is 0 Å². The van der Waals surface area contributed by atoms with Gasteiger partial charge in [0.15, 0.2) is 0 Å². The lowest BCUT2D eigenvalue weighted by atomic mass is 9.65. The van der Waals surface area contributed by atoms with Crippen LogP contribution in [-0.2, 0) is 26.7 Å². The third-order valence-electron chi connectivity index (χ3n) is 10.4. The van der Waals surface area contributed by atoms with Crippen LogP contribution in [0.1, 0.15) is 79.8 Å². The first-order valence-corrected chi connectivity index (χ1v) is 17.8. The molecule has 0 saturated heterocycles. The maximum Gasteiger partial charge on any atom is 0.264 e. The van der Waals surface area contributed by atoms with Gasteiger partial charge in [-0.1, -0.05) is 36.7 Å². The van der Waals surface area contributed by atoms with Crippen molar-refractivity contribution in [2.75, 3.05) is 24.6 Å². The quantitative estimate of drug-likeness (QED) is 0.427. The molecule has 3 N–H and O–H groups in total. The van der Waals surface area contributed by atoms with E-state index in [0.717, 1.165) is 49.4 Å². The van der Waals surface area contributed by atoms with Gasteiger partial charge in [-0.2, -0.15) is 0 Å². The molecule has 0 unspecified atom stereocenters. The van der Waals surface area contributed by atoms with Crippen molar-refractivity contribution < 1.29 is 22.7 Å². The second kappa shape index (κ2) is 12.4. The van der Waals surface area contributed by atoms with Gasteiger partial charge in [-0.25, -0.2) is 13.1 Å². The maximum atomic E-state index is 13.4. The fraction of sp³-hybridized carbons (Fsp3) is 0.529. The van der Waals surface area contributed by atoms with E-state index in [1.54, 1.807) is 18.2 Å². The van der Waals surface area contributed by atoms with Crippen molar-refractivity contribution in [3.8, 4) is 5.75 Å². The summed E-state index contributed by atoms with van der Waals surface area (Å²) in [6.07, 6.45) is 10.6. The number of rotatable bonds is 3. The number of allylic oxidation sites excluding steroid dienone is 2. The molecule has 236 valence electrons. The summed E-state index contributed by atoms with van der Waals surface area (Å²) < 4.78 is 35.5. The smallest absolute Gasteiger partial charge is 0.264 e. The number of sulfonamides is 1. The Hall–Kier alpha value is -3.04. The van der Waals surface area contributed by atoms with E-state index < -0.39 is 21.2 Å². The van der Waals surface area contributed by atoms with Crippen molar-refractivity contribution in [1.82, 2.24) is 4.72 Å². The Morgan fingerprint density at radius 1 is 1.18 bits per heavy atom. The molecule has 1 saturated carbocycles. The minimum absolute atomic E-state index is 0.00363. The number of primary amides is 1. The molecule has 4 aliphatic rings. The highest BCUT2D eigenvalue weighted by atomic mass is 35.5. The zero-order valence-electron chi connectivity index (χ0n) is 25.3. The molecule has 2 aromatic carbocycles. The van der Waals surface area contributed by atoms with E-state index in [1.807, 2.05) is 19.1 Å². The molecular weight excluding hydrogens is 598 g/mol. The number of carbonyl (C=O) groups is 2. The van der Waals surface area contributed by atoms with Gasteiger partial charge < -0.3 is 15.4 Å². The Kier molecular flexibility index (Phi) is 8.72. The molecule has 2 aliphatic carbocycles. The second-order valence-corrected chi connectivity index (χ2v) is 15.5. The van der Waals surface area contributed by atoms with Gasteiger partial charge in [0.1, 0.15) is 5.75 Å². The Bertz CT molecular complexity index is 1580. The van der Waals surface area contributed by atoms with Crippen LogP contribution in [0.5, 0.6) is 5.75 Å². The van der Waals surface area contributed by atoms with E-state index in [2.05, 4.69) is 27.8 Å². The monoisotopic (exact) mass is 639 g/mol. The Balaban J connectivity index is 1.43. The summed E-state index contributed by atoms with van der Waals surface area (Å²) in [5.41, 5.74) is 9.01. The van der Waals surface area contributed by atoms with E-state index >= 15 is 0 Å². The lowest BCUT2D eigenvalue weighted by molar-refractivity contribution is -0.119. The number of carbonyl (C=O) groups excluding carboxylic acids is 2. The van der Waals surface area contributed by atoms with Gasteiger partial charge in [0.2, 0.25) is 15.9 Å². The summed E-state index contributed by atoms with van der Waals surface area (Å²) in [5.74, 6) is 0.328. The van der Waals surface area contributed by atoms with Crippen LogP contribution in [0.15, 0.2) is 48.6 Å². The highest BCUT2D eigenvalue weighted by Crippen LogP contribution is 2.48. The number of amides is 2. The van der Waals surface area contributed by atoms with Crippen LogP contribution in [-0.4, -0.2) is 45.2 Å². The van der Waals surface area contributed by atoms with E-state index in [0.29, 0.717) is 44.1 Å². The van der Waals surface area contributed by atoms with Crippen LogP contribution < -0.4 is 20.1 Å². The molecule has 2 heterocycles. The highest BCUT2D eigenvalue weighted by Gasteiger charge is 2.44. The average Bonchev–Trinajstić information content (AvgIpc) is 3.11. The van der Waals surface area contributed by atoms with Crippen molar-refractivity contribution in [2.24, 2.45) is 23.5 Å². The molecule has 44 heavy (non-hydrogen) atoms. The van der Waals surface area contributed by atoms with Crippen LogP contribution in [0.2, 0.25) is 5.02 Å². The molecule has 0 aromatic heterocycles. The first-order valence-electron chi connectivity index (χ1n) is 15.9. The zero-order chi connectivity index (χ0) is 31.1. The van der Waals surface area contributed by atoms with Crippen LogP contribution in [0.4, 0.5) is 5.69 Å². The summed E-state index contributed by atoms with van der Waals surface area (Å²) in [5, 5.41) is 0.0147. The van der Waals surface area contributed by atoms with E-state index in [-0.39, 0.29) is 35.1 Å². The first-order chi connectivity index (χ1) is 21.1. The fourth-order valence-electron chi connectivity index (χ4n) is 7.92. The number of fused-ring (bicyclic) bond motifs is 4. The third kappa shape index (κ3) is 6.10. The Morgan fingerprint density at radius 2 is 2.02 bits per heavy atom. The third-order valence-corrected chi connectivity index (χ3v) is 12.5. The van der Waals surface area contributed by atoms with Gasteiger partial charge in [-0.15, -0.1) is 0 Å². The minimum atomic E-state index is -3.90. The number of hydrogen-bond donors (Lipinski definition) is 2.